The largest absolute Gasteiger partial charge is 0.480 e. The lowest BCUT2D eigenvalue weighted by atomic mass is 10.1. The van der Waals surface area contributed by atoms with Gasteiger partial charge in [0.2, 0.25) is 5.91 Å². The van der Waals surface area contributed by atoms with Gasteiger partial charge in [-0.05, 0) is 31.2 Å². The van der Waals surface area contributed by atoms with E-state index in [0.717, 1.165) is 5.56 Å². The number of alkyl carbamates (subject to hydrolysis) is 1. The Kier molecular flexibility index (Phi) is 12.2. The predicted molar refractivity (Wildman–Crippen MR) is 123 cm³/mol. The van der Waals surface area contributed by atoms with E-state index in [1.165, 1.54) is 0 Å². The summed E-state index contributed by atoms with van der Waals surface area (Å²) >= 11 is 0. The molecular formula is C20H32N8O5. The molecule has 182 valence electrons. The highest BCUT2D eigenvalue weighted by molar-refractivity contribution is 5.89. The van der Waals surface area contributed by atoms with Crippen molar-refractivity contribution in [1.29, 1.82) is 0 Å². The smallest absolute Gasteiger partial charge is 0.408 e. The van der Waals surface area contributed by atoms with E-state index in [9.17, 15) is 19.5 Å². The molecule has 0 saturated heterocycles. The Morgan fingerprint density at radius 3 is 1.94 bits per heavy atom. The number of nitrogens with one attached hydrogen (secondary N) is 2. The zero-order valence-electron chi connectivity index (χ0n) is 18.3. The molecule has 0 radical (unpaired) electrons. The molecule has 33 heavy (non-hydrogen) atoms. The highest BCUT2D eigenvalue weighted by Gasteiger charge is 2.26. The van der Waals surface area contributed by atoms with Crippen molar-refractivity contribution in [2.24, 2.45) is 32.9 Å². The molecule has 2 amide bonds. The number of rotatable bonds is 14. The van der Waals surface area contributed by atoms with Crippen LogP contribution in [0.2, 0.25) is 0 Å². The van der Waals surface area contributed by atoms with Crippen molar-refractivity contribution in [3.8, 4) is 0 Å². The van der Waals surface area contributed by atoms with Crippen LogP contribution in [0.15, 0.2) is 40.3 Å². The molecule has 13 heteroatoms. The van der Waals surface area contributed by atoms with Gasteiger partial charge in [-0.3, -0.25) is 14.8 Å². The maximum atomic E-state index is 12.7. The number of carbonyl (C=O) groups is 3. The third kappa shape index (κ3) is 12.4. The number of ether oxygens (including phenoxy) is 1. The number of amides is 2. The van der Waals surface area contributed by atoms with Gasteiger partial charge < -0.3 is 43.4 Å². The SMILES string of the molecule is NC(N)=NCCCC(NC(=O)C(CCCN=C(N)N)NC(=O)OCc1ccccc1)C(=O)O. The molecule has 0 fully saturated rings. The number of hydrogen-bond donors (Lipinski definition) is 7. The third-order valence-corrected chi connectivity index (χ3v) is 4.33. The summed E-state index contributed by atoms with van der Waals surface area (Å²) in [7, 11) is 0. The second-order valence-corrected chi connectivity index (χ2v) is 7.06. The van der Waals surface area contributed by atoms with Crippen LogP contribution in [-0.2, 0) is 20.9 Å². The first-order valence-corrected chi connectivity index (χ1v) is 10.3. The number of nitrogens with two attached hydrogens (primary N) is 4. The van der Waals surface area contributed by atoms with Crippen LogP contribution in [0, 0.1) is 0 Å². The van der Waals surface area contributed by atoms with Crippen LogP contribution in [0.3, 0.4) is 0 Å². The Hall–Kier alpha value is -4.03. The Bertz CT molecular complexity index is 823. The van der Waals surface area contributed by atoms with Crippen LogP contribution in [0.25, 0.3) is 0 Å². The molecule has 0 aliphatic heterocycles. The van der Waals surface area contributed by atoms with E-state index in [0.29, 0.717) is 12.8 Å². The van der Waals surface area contributed by atoms with Crippen molar-refractivity contribution in [1.82, 2.24) is 10.6 Å². The van der Waals surface area contributed by atoms with Crippen molar-refractivity contribution in [2.75, 3.05) is 13.1 Å². The number of aliphatic imine (C=N–C) groups is 2. The summed E-state index contributed by atoms with van der Waals surface area (Å²) in [6, 6.07) is 6.76. The van der Waals surface area contributed by atoms with Gasteiger partial charge in [-0.2, -0.15) is 0 Å². The maximum absolute atomic E-state index is 12.7. The van der Waals surface area contributed by atoms with E-state index in [1.807, 2.05) is 6.07 Å². The van der Waals surface area contributed by atoms with Crippen LogP contribution < -0.4 is 33.6 Å². The van der Waals surface area contributed by atoms with Crippen LogP contribution in [-0.4, -0.2) is 60.2 Å². The van der Waals surface area contributed by atoms with Crippen LogP contribution >= 0.6 is 0 Å². The molecule has 0 bridgehead atoms. The number of carboxylic acid groups (broad SMARTS) is 1. The van der Waals surface area contributed by atoms with Gasteiger partial charge in [0.25, 0.3) is 0 Å². The Morgan fingerprint density at radius 2 is 1.42 bits per heavy atom. The monoisotopic (exact) mass is 464 g/mol. The number of hydrogen-bond acceptors (Lipinski definition) is 6. The summed E-state index contributed by atoms with van der Waals surface area (Å²) in [5, 5.41) is 14.3. The maximum Gasteiger partial charge on any atom is 0.408 e. The number of carboxylic acids is 1. The summed E-state index contributed by atoms with van der Waals surface area (Å²) in [5.74, 6) is -2.10. The fraction of sp³-hybridized carbons (Fsp3) is 0.450. The fourth-order valence-electron chi connectivity index (χ4n) is 2.71. The molecular weight excluding hydrogens is 432 g/mol. The van der Waals surface area contributed by atoms with E-state index in [1.54, 1.807) is 24.3 Å². The zero-order valence-corrected chi connectivity index (χ0v) is 18.3. The zero-order chi connectivity index (χ0) is 24.6. The first-order valence-electron chi connectivity index (χ1n) is 10.3. The Balaban J connectivity index is 2.72. The lowest BCUT2D eigenvalue weighted by Crippen LogP contribution is -2.51. The minimum Gasteiger partial charge on any atom is -0.480 e. The average Bonchev–Trinajstić information content (AvgIpc) is 2.76. The molecule has 0 heterocycles. The van der Waals surface area contributed by atoms with Gasteiger partial charge in [0.15, 0.2) is 11.9 Å². The Labute approximate surface area is 191 Å². The quantitative estimate of drug-likeness (QED) is 0.101. The molecule has 0 aliphatic carbocycles. The molecule has 13 nitrogen and oxygen atoms in total. The van der Waals surface area contributed by atoms with E-state index >= 15 is 0 Å². The van der Waals surface area contributed by atoms with Gasteiger partial charge in [0, 0.05) is 13.1 Å². The lowest BCUT2D eigenvalue weighted by Gasteiger charge is -2.21. The lowest BCUT2D eigenvalue weighted by molar-refractivity contribution is -0.142. The van der Waals surface area contributed by atoms with E-state index < -0.39 is 30.1 Å². The van der Waals surface area contributed by atoms with Crippen molar-refractivity contribution >= 4 is 29.9 Å². The predicted octanol–water partition coefficient (Wildman–Crippen LogP) is -1.04. The second kappa shape index (κ2) is 14.9. The minimum absolute atomic E-state index is 0.0115. The molecule has 0 saturated carbocycles. The van der Waals surface area contributed by atoms with Gasteiger partial charge >= 0.3 is 12.1 Å². The minimum atomic E-state index is -1.22. The number of aliphatic carboxylic acids is 1. The Morgan fingerprint density at radius 1 is 0.879 bits per heavy atom. The molecule has 1 aromatic rings. The number of carbonyl (C=O) groups excluding carboxylic acids is 2. The van der Waals surface area contributed by atoms with Gasteiger partial charge in [0.1, 0.15) is 18.7 Å². The topological polar surface area (TPSA) is 234 Å². The van der Waals surface area contributed by atoms with Crippen molar-refractivity contribution in [2.45, 2.75) is 44.4 Å². The summed E-state index contributed by atoms with van der Waals surface area (Å²) < 4.78 is 5.16. The van der Waals surface area contributed by atoms with Crippen LogP contribution in [0.1, 0.15) is 31.2 Å². The molecule has 1 aromatic carbocycles. The molecule has 0 spiro atoms. The second-order valence-electron chi connectivity index (χ2n) is 7.06. The van der Waals surface area contributed by atoms with Gasteiger partial charge in [-0.25, -0.2) is 9.59 Å². The van der Waals surface area contributed by atoms with Gasteiger partial charge in [-0.1, -0.05) is 30.3 Å². The summed E-state index contributed by atoms with van der Waals surface area (Å²) in [6.45, 7) is 0.458. The molecule has 1 rings (SSSR count). The summed E-state index contributed by atoms with van der Waals surface area (Å²) in [4.78, 5) is 44.1. The summed E-state index contributed by atoms with van der Waals surface area (Å²) in [5.41, 5.74) is 21.8. The molecule has 0 aromatic heterocycles. The number of guanidine groups is 2. The van der Waals surface area contributed by atoms with Crippen LogP contribution in [0.4, 0.5) is 4.79 Å². The summed E-state index contributed by atoms with van der Waals surface area (Å²) in [6.07, 6.45) is 0.120. The van der Waals surface area contributed by atoms with Gasteiger partial charge in [0.05, 0.1) is 0 Å². The van der Waals surface area contributed by atoms with Crippen molar-refractivity contribution in [3.05, 3.63) is 35.9 Å². The molecule has 2 unspecified atom stereocenters. The molecule has 2 atom stereocenters. The third-order valence-electron chi connectivity index (χ3n) is 4.33. The average molecular weight is 465 g/mol. The van der Waals surface area contributed by atoms with E-state index in [-0.39, 0.29) is 44.5 Å². The van der Waals surface area contributed by atoms with E-state index in [4.69, 9.17) is 27.7 Å². The van der Waals surface area contributed by atoms with Crippen molar-refractivity contribution in [3.63, 3.8) is 0 Å². The number of nitrogens with zero attached hydrogens (tertiary/aromatic N) is 2. The standard InChI is InChI=1S/C20H32N8O5/c21-18(22)25-10-4-8-14(28-20(32)33-12-13-6-2-1-3-7-13)16(29)27-15(17(30)31)9-5-11-26-19(23)24/h1-3,6-7,14-15H,4-5,8-12H2,(H,27,29)(H,28,32)(H,30,31)(H4,21,22,25)(H4,23,24,26). The first kappa shape index (κ1) is 27.0. The van der Waals surface area contributed by atoms with E-state index in [2.05, 4.69) is 20.6 Å². The normalized spacial score (nSPS) is 12.0. The molecule has 0 aliphatic rings. The van der Waals surface area contributed by atoms with Crippen LogP contribution in [0.5, 0.6) is 0 Å². The highest BCUT2D eigenvalue weighted by Crippen LogP contribution is 2.05. The highest BCUT2D eigenvalue weighted by atomic mass is 16.5. The molecule has 11 N–H and O–H groups in total. The van der Waals surface area contributed by atoms with Crippen molar-refractivity contribution < 1.29 is 24.2 Å². The fourth-order valence-corrected chi connectivity index (χ4v) is 2.71. The first-order chi connectivity index (χ1) is 15.7. The van der Waals surface area contributed by atoms with Gasteiger partial charge in [-0.15, -0.1) is 0 Å². The number of benzene rings is 1.